The quantitative estimate of drug-likeness (QED) is 0.214. The normalized spacial score (nSPS) is 13.7. The van der Waals surface area contributed by atoms with Crippen LogP contribution in [0.25, 0.3) is 22.1 Å². The van der Waals surface area contributed by atoms with Crippen molar-refractivity contribution < 1.29 is 9.15 Å². The van der Waals surface area contributed by atoms with Gasteiger partial charge in [-0.2, -0.15) is 10.5 Å². The largest absolute Gasteiger partial charge is 0.440 e. The first-order valence-electron chi connectivity index (χ1n) is 12.9. The Morgan fingerprint density at radius 2 is 1.45 bits per heavy atom. The molecule has 1 atom stereocenters. The molecule has 0 aliphatic carbocycles. The Kier molecular flexibility index (Phi) is 8.04. The number of nitriles is 2. The van der Waals surface area contributed by atoms with E-state index in [0.29, 0.717) is 32.5 Å². The molecule has 1 aliphatic rings. The van der Waals surface area contributed by atoms with Gasteiger partial charge in [0, 0.05) is 26.6 Å². The lowest BCUT2D eigenvalue weighted by Crippen LogP contribution is -2.21. The third-order valence-electron chi connectivity index (χ3n) is 7.02. The molecule has 1 unspecified atom stereocenters. The van der Waals surface area contributed by atoms with Crippen molar-refractivity contribution in [2.24, 2.45) is 5.73 Å². The molecular weight excluding hydrogens is 567 g/mol. The van der Waals surface area contributed by atoms with E-state index in [1.54, 1.807) is 12.1 Å². The number of nitrogens with zero attached hydrogens (tertiary/aromatic N) is 2. The molecule has 42 heavy (non-hydrogen) atoms. The molecule has 206 valence electrons. The highest BCUT2D eigenvalue weighted by molar-refractivity contribution is 6.32. The summed E-state index contributed by atoms with van der Waals surface area (Å²) in [5, 5.41) is 28.8. The van der Waals surface area contributed by atoms with Crippen LogP contribution in [0, 0.1) is 41.9 Å². The van der Waals surface area contributed by atoms with Gasteiger partial charge in [-0.05, 0) is 60.4 Å². The van der Waals surface area contributed by atoms with Gasteiger partial charge in [0.1, 0.15) is 34.6 Å². The monoisotopic (exact) mass is 590 g/mol. The number of nitrogens with two attached hydrogens (primary N) is 1. The number of nitrogens with one attached hydrogen (secondary N) is 1. The van der Waals surface area contributed by atoms with E-state index in [1.165, 1.54) is 0 Å². The Balaban J connectivity index is 0.000000168. The zero-order chi connectivity index (χ0) is 30.0. The second-order valence-electron chi connectivity index (χ2n) is 9.73. The average Bonchev–Trinajstić information content (AvgIpc) is 2.99. The summed E-state index contributed by atoms with van der Waals surface area (Å²) in [6.45, 7) is 3.78. The van der Waals surface area contributed by atoms with Crippen LogP contribution in [0.4, 0.5) is 0 Å². The van der Waals surface area contributed by atoms with Crippen molar-refractivity contribution in [3.63, 3.8) is 0 Å². The van der Waals surface area contributed by atoms with Crippen molar-refractivity contribution in [1.29, 1.82) is 15.9 Å². The van der Waals surface area contributed by atoms with Crippen molar-refractivity contribution >= 4 is 34.2 Å². The molecule has 0 spiro atoms. The van der Waals surface area contributed by atoms with Gasteiger partial charge < -0.3 is 14.9 Å². The number of hydrogen-bond acceptors (Lipinski definition) is 6. The Bertz CT molecular complexity index is 2000. The maximum absolute atomic E-state index is 9.44. The lowest BCUT2D eigenvalue weighted by Gasteiger charge is -2.27. The third-order valence-corrected chi connectivity index (χ3v) is 7.84. The SMILES string of the molecule is Cc1cc2c(cc1Cl)C(c1ccccc1)C(C#N)=C(N)O2.Cc1cc2oc(=N)c(C#N)c(-c3ccccc3)c2cc1Cl. The van der Waals surface area contributed by atoms with E-state index in [9.17, 15) is 10.5 Å². The summed E-state index contributed by atoms with van der Waals surface area (Å²) >= 11 is 12.5. The van der Waals surface area contributed by atoms with Crippen LogP contribution in [0.15, 0.2) is 101 Å². The summed E-state index contributed by atoms with van der Waals surface area (Å²) in [5.41, 5.74) is 12.2. The Morgan fingerprint density at radius 3 is 2.10 bits per heavy atom. The van der Waals surface area contributed by atoms with Gasteiger partial charge >= 0.3 is 0 Å². The van der Waals surface area contributed by atoms with Gasteiger partial charge in [0.15, 0.2) is 0 Å². The van der Waals surface area contributed by atoms with Gasteiger partial charge in [0.2, 0.25) is 11.4 Å². The number of allylic oxidation sites excluding steroid dienone is 1. The van der Waals surface area contributed by atoms with Gasteiger partial charge in [0.05, 0.1) is 5.92 Å². The number of fused-ring (bicyclic) bond motifs is 2. The van der Waals surface area contributed by atoms with Crippen LogP contribution in [-0.2, 0) is 0 Å². The van der Waals surface area contributed by atoms with Crippen LogP contribution in [0.5, 0.6) is 5.75 Å². The summed E-state index contributed by atoms with van der Waals surface area (Å²) in [6.07, 6.45) is 0. The first-order valence-corrected chi connectivity index (χ1v) is 13.7. The molecule has 2 heterocycles. The van der Waals surface area contributed by atoms with Crippen LogP contribution < -0.4 is 16.0 Å². The molecule has 6 rings (SSSR count). The summed E-state index contributed by atoms with van der Waals surface area (Å²) in [7, 11) is 0. The minimum atomic E-state index is -0.252. The van der Waals surface area contributed by atoms with Gasteiger partial charge in [-0.25, -0.2) is 0 Å². The van der Waals surface area contributed by atoms with Crippen molar-refractivity contribution in [2.45, 2.75) is 19.8 Å². The van der Waals surface area contributed by atoms with Crippen LogP contribution in [-0.4, -0.2) is 0 Å². The number of rotatable bonds is 2. The van der Waals surface area contributed by atoms with E-state index in [0.717, 1.165) is 33.2 Å². The molecule has 3 N–H and O–H groups in total. The van der Waals surface area contributed by atoms with E-state index < -0.39 is 0 Å². The standard InChI is InChI=1S/C17H13ClN2O.C17H11ClN2O/c2*1-10-7-15-12(8-14(10)18)16(11-5-3-2-4-6-11)13(9-19)17(20)21-15/h2-8,16H,20H2,1H3;2-8,20H,1H3. The summed E-state index contributed by atoms with van der Waals surface area (Å²) in [4.78, 5) is 0. The number of hydrogen-bond donors (Lipinski definition) is 2. The van der Waals surface area contributed by atoms with E-state index >= 15 is 0 Å². The highest BCUT2D eigenvalue weighted by Crippen LogP contribution is 2.43. The molecule has 0 radical (unpaired) electrons. The van der Waals surface area contributed by atoms with Crippen LogP contribution >= 0.6 is 23.2 Å². The third kappa shape index (κ3) is 5.34. The van der Waals surface area contributed by atoms with Crippen molar-refractivity contribution in [1.82, 2.24) is 0 Å². The molecule has 0 bridgehead atoms. The van der Waals surface area contributed by atoms with Crippen molar-refractivity contribution in [3.8, 4) is 29.0 Å². The smallest absolute Gasteiger partial charge is 0.230 e. The molecule has 0 fully saturated rings. The van der Waals surface area contributed by atoms with Crippen LogP contribution in [0.3, 0.4) is 0 Å². The first-order chi connectivity index (χ1) is 20.2. The fourth-order valence-corrected chi connectivity index (χ4v) is 5.26. The zero-order valence-corrected chi connectivity index (χ0v) is 24.2. The second-order valence-corrected chi connectivity index (χ2v) is 10.5. The second kappa shape index (κ2) is 11.8. The number of halogens is 2. The molecule has 5 aromatic rings. The fraction of sp³-hybridized carbons (Fsp3) is 0.0882. The summed E-state index contributed by atoms with van der Waals surface area (Å²) in [5.74, 6) is 0.556. The molecule has 1 aliphatic heterocycles. The van der Waals surface area contributed by atoms with E-state index in [-0.39, 0.29) is 22.9 Å². The molecule has 8 heteroatoms. The number of benzene rings is 4. The van der Waals surface area contributed by atoms with Gasteiger partial charge in [0.25, 0.3) is 0 Å². The number of ether oxygens (including phenoxy) is 1. The molecule has 0 saturated heterocycles. The van der Waals surface area contributed by atoms with Gasteiger partial charge in [-0.1, -0.05) is 83.9 Å². The van der Waals surface area contributed by atoms with Crippen LogP contribution in [0.2, 0.25) is 10.0 Å². The average molecular weight is 591 g/mol. The Labute approximate surface area is 252 Å². The highest BCUT2D eigenvalue weighted by Gasteiger charge is 2.31. The topological polar surface area (TPSA) is 120 Å². The molecule has 1 aromatic heterocycles. The van der Waals surface area contributed by atoms with Gasteiger partial charge in [-0.3, -0.25) is 5.41 Å². The predicted molar refractivity (Wildman–Crippen MR) is 164 cm³/mol. The Morgan fingerprint density at radius 1 is 0.833 bits per heavy atom. The van der Waals surface area contributed by atoms with Crippen LogP contribution in [0.1, 0.15) is 33.7 Å². The maximum Gasteiger partial charge on any atom is 0.230 e. The fourth-order valence-electron chi connectivity index (χ4n) is 4.92. The maximum atomic E-state index is 9.44. The minimum Gasteiger partial charge on any atom is -0.440 e. The van der Waals surface area contributed by atoms with Gasteiger partial charge in [-0.15, -0.1) is 0 Å². The zero-order valence-electron chi connectivity index (χ0n) is 22.7. The Hall–Kier alpha value is -5.01. The summed E-state index contributed by atoms with van der Waals surface area (Å²) in [6, 6.07) is 30.8. The minimum absolute atomic E-state index is 0.134. The summed E-state index contributed by atoms with van der Waals surface area (Å²) < 4.78 is 11.1. The molecular formula is C34H24Cl2N4O2. The lowest BCUT2D eigenvalue weighted by molar-refractivity contribution is 0.393. The molecule has 0 saturated carbocycles. The molecule has 0 amide bonds. The first kappa shape index (κ1) is 28.5. The lowest BCUT2D eigenvalue weighted by atomic mass is 9.83. The van der Waals surface area contributed by atoms with E-state index in [4.69, 9.17) is 43.5 Å². The highest BCUT2D eigenvalue weighted by atomic mass is 35.5. The predicted octanol–water partition coefficient (Wildman–Crippen LogP) is 8.28. The molecule has 4 aromatic carbocycles. The molecule has 6 nitrogen and oxygen atoms in total. The number of aryl methyl sites for hydroxylation is 2. The van der Waals surface area contributed by atoms with Crippen molar-refractivity contribution in [2.75, 3.05) is 0 Å². The van der Waals surface area contributed by atoms with E-state index in [2.05, 4.69) is 12.1 Å². The van der Waals surface area contributed by atoms with E-state index in [1.807, 2.05) is 86.6 Å². The van der Waals surface area contributed by atoms with Crippen molar-refractivity contribution in [3.05, 3.63) is 140 Å².